The van der Waals surface area contributed by atoms with Crippen LogP contribution in [-0.4, -0.2) is 32.2 Å². The molecule has 0 aliphatic heterocycles. The van der Waals surface area contributed by atoms with Crippen LogP contribution < -0.4 is 5.32 Å². The van der Waals surface area contributed by atoms with Crippen LogP contribution in [0.25, 0.3) is 0 Å². The highest BCUT2D eigenvalue weighted by molar-refractivity contribution is 7.89. The topological polar surface area (TPSA) is 66.5 Å². The van der Waals surface area contributed by atoms with E-state index in [1.54, 1.807) is 0 Å². The van der Waals surface area contributed by atoms with Crippen molar-refractivity contribution < 1.29 is 13.2 Å². The van der Waals surface area contributed by atoms with E-state index >= 15 is 0 Å². The first-order chi connectivity index (χ1) is 12.1. The molecule has 7 heteroatoms. The second kappa shape index (κ2) is 8.20. The van der Waals surface area contributed by atoms with Crippen LogP contribution >= 0.6 is 11.6 Å². The van der Waals surface area contributed by atoms with Crippen molar-refractivity contribution in [2.45, 2.75) is 31.6 Å². The van der Waals surface area contributed by atoms with Crippen molar-refractivity contribution in [3.05, 3.63) is 58.6 Å². The van der Waals surface area contributed by atoms with Gasteiger partial charge in [-0.05, 0) is 48.2 Å². The van der Waals surface area contributed by atoms with E-state index in [0.717, 1.165) is 21.1 Å². The number of carbonyl (C=O) groups excluding carboxylic acids is 1. The van der Waals surface area contributed by atoms with Gasteiger partial charge in [-0.1, -0.05) is 43.6 Å². The highest BCUT2D eigenvalue weighted by atomic mass is 35.5. The van der Waals surface area contributed by atoms with Gasteiger partial charge in [0, 0.05) is 17.8 Å². The lowest BCUT2D eigenvalue weighted by molar-refractivity contribution is -0.116. The second-order valence-electron chi connectivity index (χ2n) is 6.46. The molecule has 0 heterocycles. The largest absolute Gasteiger partial charge is 0.324 e. The van der Waals surface area contributed by atoms with Crippen molar-refractivity contribution in [2.24, 2.45) is 0 Å². The van der Waals surface area contributed by atoms with E-state index in [-0.39, 0.29) is 23.3 Å². The molecule has 0 saturated heterocycles. The minimum atomic E-state index is -3.77. The number of benzene rings is 2. The molecule has 0 unspecified atom stereocenters. The first-order valence-electron chi connectivity index (χ1n) is 8.24. The van der Waals surface area contributed by atoms with Crippen molar-refractivity contribution in [3.8, 4) is 0 Å². The maximum Gasteiger partial charge on any atom is 0.243 e. The number of hydrogen-bond acceptors (Lipinski definition) is 3. The summed E-state index contributed by atoms with van der Waals surface area (Å²) in [6.45, 7) is 5.72. The van der Waals surface area contributed by atoms with Crippen LogP contribution in [-0.2, 0) is 14.8 Å². The minimum absolute atomic E-state index is 0.0935. The van der Waals surface area contributed by atoms with E-state index in [1.165, 1.54) is 31.3 Å². The highest BCUT2D eigenvalue weighted by Crippen LogP contribution is 2.27. The molecule has 0 aromatic heterocycles. The summed E-state index contributed by atoms with van der Waals surface area (Å²) in [7, 11) is -2.39. The lowest BCUT2D eigenvalue weighted by Crippen LogP contribution is -2.35. The van der Waals surface area contributed by atoms with Gasteiger partial charge in [-0.15, -0.1) is 0 Å². The Balaban J connectivity index is 2.16. The third kappa shape index (κ3) is 4.63. The molecular weight excluding hydrogens is 372 g/mol. The fourth-order valence-corrected chi connectivity index (χ4v) is 3.85. The van der Waals surface area contributed by atoms with Crippen molar-refractivity contribution in [2.75, 3.05) is 18.9 Å². The molecule has 1 amide bonds. The Kier molecular flexibility index (Phi) is 6.44. The molecule has 140 valence electrons. The molecule has 1 N–H and O–H groups in total. The lowest BCUT2D eigenvalue weighted by atomic mass is 9.98. The van der Waals surface area contributed by atoms with E-state index in [1.807, 2.05) is 39.0 Å². The third-order valence-corrected chi connectivity index (χ3v) is 6.15. The predicted octanol–water partition coefficient (Wildman–Crippen LogP) is 4.03. The van der Waals surface area contributed by atoms with E-state index < -0.39 is 10.0 Å². The number of amides is 1. The lowest BCUT2D eigenvalue weighted by Gasteiger charge is -2.19. The van der Waals surface area contributed by atoms with Gasteiger partial charge in [0.1, 0.15) is 0 Å². The summed E-state index contributed by atoms with van der Waals surface area (Å²) in [5, 5.41) is 3.31. The zero-order valence-electron chi connectivity index (χ0n) is 15.3. The minimum Gasteiger partial charge on any atom is -0.324 e. The molecule has 0 fully saturated rings. The molecule has 2 aromatic rings. The second-order valence-corrected chi connectivity index (χ2v) is 8.94. The van der Waals surface area contributed by atoms with Gasteiger partial charge in [0.25, 0.3) is 0 Å². The molecule has 5 nitrogen and oxygen atoms in total. The number of anilines is 1. The summed E-state index contributed by atoms with van der Waals surface area (Å²) in [5.41, 5.74) is 2.69. The van der Waals surface area contributed by atoms with E-state index in [2.05, 4.69) is 5.32 Å². The Bertz CT molecular complexity index is 894. The zero-order valence-corrected chi connectivity index (χ0v) is 16.9. The van der Waals surface area contributed by atoms with Gasteiger partial charge in [0.2, 0.25) is 15.9 Å². The van der Waals surface area contributed by atoms with Crippen molar-refractivity contribution in [1.29, 1.82) is 0 Å². The van der Waals surface area contributed by atoms with Crippen molar-refractivity contribution in [3.63, 3.8) is 0 Å². The van der Waals surface area contributed by atoms with Gasteiger partial charge < -0.3 is 5.32 Å². The molecule has 0 aliphatic carbocycles. The fraction of sp³-hybridized carbons (Fsp3) is 0.316. The Morgan fingerprint density at radius 3 is 2.35 bits per heavy atom. The maximum absolute atomic E-state index is 12.6. The number of sulfonamides is 1. The number of nitrogens with zero attached hydrogens (tertiary/aromatic N) is 1. The Morgan fingerprint density at radius 2 is 1.77 bits per heavy atom. The van der Waals surface area contributed by atoms with Crippen LogP contribution in [0.4, 0.5) is 5.69 Å². The van der Waals surface area contributed by atoms with E-state index in [4.69, 9.17) is 11.6 Å². The summed E-state index contributed by atoms with van der Waals surface area (Å²) in [6.07, 6.45) is 0. The number of nitrogens with one attached hydrogen (secondary N) is 1. The molecule has 2 rings (SSSR count). The predicted molar refractivity (Wildman–Crippen MR) is 105 cm³/mol. The number of hydrogen-bond donors (Lipinski definition) is 1. The van der Waals surface area contributed by atoms with Crippen LogP contribution in [0.15, 0.2) is 47.4 Å². The van der Waals surface area contributed by atoms with Gasteiger partial charge in [-0.25, -0.2) is 8.42 Å². The van der Waals surface area contributed by atoms with Gasteiger partial charge in [0.05, 0.1) is 11.4 Å². The molecule has 0 spiro atoms. The zero-order chi connectivity index (χ0) is 19.5. The van der Waals surface area contributed by atoms with Crippen LogP contribution in [0.3, 0.4) is 0 Å². The quantitative estimate of drug-likeness (QED) is 0.804. The summed E-state index contributed by atoms with van der Waals surface area (Å²) < 4.78 is 26.2. The SMILES string of the molecule is Cc1cccc(C(C)C)c1NC(=O)CN(C)S(=O)(=O)c1ccc(Cl)cc1. The highest BCUT2D eigenvalue weighted by Gasteiger charge is 2.23. The number of carbonyl (C=O) groups is 1. The number of para-hydroxylation sites is 1. The molecule has 0 atom stereocenters. The Labute approximate surface area is 160 Å². The monoisotopic (exact) mass is 394 g/mol. The normalized spacial score (nSPS) is 11.8. The first kappa shape index (κ1) is 20.4. The van der Waals surface area contributed by atoms with Gasteiger partial charge in [0.15, 0.2) is 0 Å². The first-order valence-corrected chi connectivity index (χ1v) is 10.1. The third-order valence-electron chi connectivity index (χ3n) is 4.08. The molecule has 2 aromatic carbocycles. The van der Waals surface area contributed by atoms with E-state index in [9.17, 15) is 13.2 Å². The molecular formula is C19H23ClN2O3S. The van der Waals surface area contributed by atoms with Crippen LogP contribution in [0.1, 0.15) is 30.9 Å². The van der Waals surface area contributed by atoms with Crippen LogP contribution in [0.2, 0.25) is 5.02 Å². The van der Waals surface area contributed by atoms with Gasteiger partial charge in [-0.2, -0.15) is 4.31 Å². The average molecular weight is 395 g/mol. The Hall–Kier alpha value is -1.89. The van der Waals surface area contributed by atoms with Crippen LogP contribution in [0, 0.1) is 6.92 Å². The maximum atomic E-state index is 12.6. The standard InChI is InChI=1S/C19H23ClN2O3S/c1-13(2)17-7-5-6-14(3)19(17)21-18(23)12-22(4)26(24,25)16-10-8-15(20)9-11-16/h5-11,13H,12H2,1-4H3,(H,21,23). The van der Waals surface area contributed by atoms with E-state index in [0.29, 0.717) is 5.02 Å². The summed E-state index contributed by atoms with van der Waals surface area (Å²) >= 11 is 5.80. The number of likely N-dealkylation sites (N-methyl/N-ethyl adjacent to an activating group) is 1. The smallest absolute Gasteiger partial charge is 0.243 e. The molecule has 0 radical (unpaired) electrons. The number of rotatable bonds is 6. The summed E-state index contributed by atoms with van der Waals surface area (Å²) in [6, 6.07) is 11.7. The van der Waals surface area contributed by atoms with Crippen LogP contribution in [0.5, 0.6) is 0 Å². The summed E-state index contributed by atoms with van der Waals surface area (Å²) in [4.78, 5) is 12.5. The molecule has 0 bridgehead atoms. The molecule has 0 saturated carbocycles. The van der Waals surface area contributed by atoms with Gasteiger partial charge in [-0.3, -0.25) is 4.79 Å². The fourth-order valence-electron chi connectivity index (χ4n) is 2.60. The number of halogens is 1. The summed E-state index contributed by atoms with van der Waals surface area (Å²) in [5.74, 6) is -0.151. The van der Waals surface area contributed by atoms with Crippen molar-refractivity contribution in [1.82, 2.24) is 4.31 Å². The Morgan fingerprint density at radius 1 is 1.15 bits per heavy atom. The van der Waals surface area contributed by atoms with Gasteiger partial charge >= 0.3 is 0 Å². The number of aryl methyl sites for hydroxylation is 1. The molecule has 0 aliphatic rings. The average Bonchev–Trinajstić information content (AvgIpc) is 2.56. The molecule has 26 heavy (non-hydrogen) atoms. The van der Waals surface area contributed by atoms with Crippen molar-refractivity contribution >= 4 is 33.2 Å².